The first-order chi connectivity index (χ1) is 22.7. The number of nitrogens with zero attached hydrogens (tertiary/aromatic N) is 1. The molecule has 11 heteroatoms. The van der Waals surface area contributed by atoms with E-state index in [1.165, 1.54) is 7.11 Å². The number of hydrogen-bond acceptors (Lipinski definition) is 9. The molecule has 4 atom stereocenters. The molecule has 1 aliphatic carbocycles. The average Bonchev–Trinajstić information content (AvgIpc) is 3.48. The number of esters is 2. The maximum absolute atomic E-state index is 13.8. The van der Waals surface area contributed by atoms with Crippen molar-refractivity contribution < 1.29 is 38.1 Å². The SMILES string of the molecule is CC[C@H](NC(=O)C1CC(Oc2cc(-c3ccccc3)nc3cc(OC)ccc23)C=C1C(=O)NC(C(=O)OC)C(C)C)C(=O)OC(C)(C)C. The highest BCUT2D eigenvalue weighted by Crippen LogP contribution is 2.36. The lowest BCUT2D eigenvalue weighted by Gasteiger charge is -2.25. The molecule has 3 aromatic rings. The monoisotopic (exact) mass is 659 g/mol. The summed E-state index contributed by atoms with van der Waals surface area (Å²) in [4.78, 5) is 57.8. The van der Waals surface area contributed by atoms with Gasteiger partial charge < -0.3 is 29.6 Å². The molecule has 0 radical (unpaired) electrons. The average molecular weight is 660 g/mol. The summed E-state index contributed by atoms with van der Waals surface area (Å²) in [5, 5.41) is 6.23. The van der Waals surface area contributed by atoms with Gasteiger partial charge in [-0.15, -0.1) is 0 Å². The highest BCUT2D eigenvalue weighted by Gasteiger charge is 2.40. The molecule has 4 rings (SSSR count). The Morgan fingerprint density at radius 2 is 1.67 bits per heavy atom. The lowest BCUT2D eigenvalue weighted by Crippen LogP contribution is -2.49. The molecule has 2 N–H and O–H groups in total. The number of hydrogen-bond donors (Lipinski definition) is 2. The summed E-state index contributed by atoms with van der Waals surface area (Å²) >= 11 is 0. The minimum absolute atomic E-state index is 0.102. The van der Waals surface area contributed by atoms with Gasteiger partial charge in [-0.3, -0.25) is 9.59 Å². The van der Waals surface area contributed by atoms with Gasteiger partial charge in [0.05, 0.1) is 31.3 Å². The van der Waals surface area contributed by atoms with Crippen LogP contribution in [0.2, 0.25) is 0 Å². The molecule has 0 saturated carbocycles. The molecule has 3 unspecified atom stereocenters. The van der Waals surface area contributed by atoms with E-state index in [1.54, 1.807) is 60.8 Å². The zero-order chi connectivity index (χ0) is 35.2. The Labute approximate surface area is 281 Å². The van der Waals surface area contributed by atoms with E-state index in [2.05, 4.69) is 10.6 Å². The van der Waals surface area contributed by atoms with Gasteiger partial charge in [-0.1, -0.05) is 51.1 Å². The second-order valence-electron chi connectivity index (χ2n) is 13.0. The Morgan fingerprint density at radius 1 is 0.958 bits per heavy atom. The standard InChI is InChI=1S/C37H45N3O8/c1-9-28(35(43)48-37(4,5)6)39-33(41)26-17-24(18-27(26)34(42)40-32(21(2)3)36(44)46-8)47-31-20-29(22-13-11-10-12-14-22)38-30-19-23(45-7)15-16-25(30)31/h10-16,18-21,24,26,28,32H,9,17H2,1-8H3,(H,39,41)(H,40,42)/t24?,26?,28-,32?/m0/s1. The largest absolute Gasteiger partial charge is 0.497 e. The van der Waals surface area contributed by atoms with Gasteiger partial charge in [0.25, 0.3) is 0 Å². The molecule has 48 heavy (non-hydrogen) atoms. The summed E-state index contributed by atoms with van der Waals surface area (Å²) < 4.78 is 22.4. The van der Waals surface area contributed by atoms with Gasteiger partial charge in [0.1, 0.15) is 35.3 Å². The smallest absolute Gasteiger partial charge is 0.329 e. The summed E-state index contributed by atoms with van der Waals surface area (Å²) in [5.74, 6) is -2.46. The van der Waals surface area contributed by atoms with Crippen molar-refractivity contribution in [3.8, 4) is 22.8 Å². The van der Waals surface area contributed by atoms with Crippen LogP contribution in [0.25, 0.3) is 22.2 Å². The van der Waals surface area contributed by atoms with E-state index in [9.17, 15) is 19.2 Å². The Hall–Kier alpha value is -4.93. The van der Waals surface area contributed by atoms with Crippen molar-refractivity contribution in [2.24, 2.45) is 11.8 Å². The molecule has 1 aliphatic rings. The van der Waals surface area contributed by atoms with Crippen molar-refractivity contribution in [1.29, 1.82) is 0 Å². The van der Waals surface area contributed by atoms with Gasteiger partial charge in [0, 0.05) is 35.1 Å². The molecule has 0 bridgehead atoms. The van der Waals surface area contributed by atoms with Crippen LogP contribution in [0.5, 0.6) is 11.5 Å². The van der Waals surface area contributed by atoms with Crippen LogP contribution in [0.15, 0.2) is 66.2 Å². The fourth-order valence-corrected chi connectivity index (χ4v) is 5.45. The molecule has 0 spiro atoms. The van der Waals surface area contributed by atoms with Gasteiger partial charge in [-0.25, -0.2) is 14.6 Å². The number of rotatable bonds is 12. The number of methoxy groups -OCH3 is 2. The minimum Gasteiger partial charge on any atom is -0.497 e. The van der Waals surface area contributed by atoms with Crippen molar-refractivity contribution >= 4 is 34.7 Å². The predicted octanol–water partition coefficient (Wildman–Crippen LogP) is 5.15. The molecule has 256 valence electrons. The Balaban J connectivity index is 1.71. The van der Waals surface area contributed by atoms with Gasteiger partial charge in [0.2, 0.25) is 11.8 Å². The van der Waals surface area contributed by atoms with Crippen LogP contribution in [0.1, 0.15) is 54.4 Å². The van der Waals surface area contributed by atoms with E-state index in [1.807, 2.05) is 48.5 Å². The number of carbonyl (C=O) groups excluding carboxylic acids is 4. The summed E-state index contributed by atoms with van der Waals surface area (Å²) in [6, 6.07) is 15.1. The molecular weight excluding hydrogens is 614 g/mol. The quantitative estimate of drug-likeness (QED) is 0.252. The summed E-state index contributed by atoms with van der Waals surface area (Å²) in [6.07, 6.45) is 1.27. The van der Waals surface area contributed by atoms with Crippen molar-refractivity contribution in [2.45, 2.75) is 78.2 Å². The third-order valence-electron chi connectivity index (χ3n) is 7.94. The zero-order valence-corrected chi connectivity index (χ0v) is 28.8. The van der Waals surface area contributed by atoms with Gasteiger partial charge in [-0.05, 0) is 51.3 Å². The maximum atomic E-state index is 13.8. The van der Waals surface area contributed by atoms with E-state index in [0.717, 1.165) is 5.56 Å². The van der Waals surface area contributed by atoms with E-state index in [0.29, 0.717) is 28.1 Å². The van der Waals surface area contributed by atoms with E-state index in [-0.39, 0.29) is 24.3 Å². The van der Waals surface area contributed by atoms with Gasteiger partial charge in [0.15, 0.2) is 0 Å². The topological polar surface area (TPSA) is 142 Å². The zero-order valence-electron chi connectivity index (χ0n) is 28.8. The number of ether oxygens (including phenoxy) is 4. The second kappa shape index (κ2) is 15.3. The summed E-state index contributed by atoms with van der Waals surface area (Å²) in [7, 11) is 2.83. The normalized spacial score (nSPS) is 17.2. The molecule has 1 aromatic heterocycles. The van der Waals surface area contributed by atoms with E-state index >= 15 is 0 Å². The first kappa shape index (κ1) is 35.9. The fourth-order valence-electron chi connectivity index (χ4n) is 5.45. The first-order valence-electron chi connectivity index (χ1n) is 16.1. The number of benzene rings is 2. The van der Waals surface area contributed by atoms with Crippen LogP contribution in [-0.4, -0.2) is 66.7 Å². The molecule has 0 saturated heterocycles. The van der Waals surface area contributed by atoms with Crippen molar-refractivity contribution in [2.75, 3.05) is 14.2 Å². The lowest BCUT2D eigenvalue weighted by molar-refractivity contribution is -0.159. The van der Waals surface area contributed by atoms with Crippen molar-refractivity contribution in [1.82, 2.24) is 15.6 Å². The van der Waals surface area contributed by atoms with Crippen molar-refractivity contribution in [3.63, 3.8) is 0 Å². The molecular formula is C37H45N3O8. The third kappa shape index (κ3) is 8.70. The van der Waals surface area contributed by atoms with Crippen LogP contribution < -0.4 is 20.1 Å². The Morgan fingerprint density at radius 3 is 2.27 bits per heavy atom. The first-order valence-corrected chi connectivity index (χ1v) is 16.1. The molecule has 2 amide bonds. The fraction of sp³-hybridized carbons (Fsp3) is 0.432. The van der Waals surface area contributed by atoms with Crippen LogP contribution in [0, 0.1) is 11.8 Å². The number of nitrogens with one attached hydrogen (secondary N) is 2. The summed E-state index contributed by atoms with van der Waals surface area (Å²) in [5.41, 5.74) is 1.56. The van der Waals surface area contributed by atoms with E-state index < -0.39 is 53.5 Å². The second-order valence-corrected chi connectivity index (χ2v) is 13.0. The van der Waals surface area contributed by atoms with Crippen LogP contribution in [-0.2, 0) is 28.7 Å². The molecule has 0 aliphatic heterocycles. The molecule has 11 nitrogen and oxygen atoms in total. The maximum Gasteiger partial charge on any atom is 0.329 e. The van der Waals surface area contributed by atoms with E-state index in [4.69, 9.17) is 23.9 Å². The van der Waals surface area contributed by atoms with Crippen LogP contribution in [0.3, 0.4) is 0 Å². The minimum atomic E-state index is -0.987. The van der Waals surface area contributed by atoms with Crippen LogP contribution in [0.4, 0.5) is 0 Å². The highest BCUT2D eigenvalue weighted by molar-refractivity contribution is 6.03. The van der Waals surface area contributed by atoms with Crippen LogP contribution >= 0.6 is 0 Å². The Bertz CT molecular complexity index is 1680. The summed E-state index contributed by atoms with van der Waals surface area (Å²) in [6.45, 7) is 10.6. The lowest BCUT2D eigenvalue weighted by atomic mass is 9.97. The molecule has 2 aromatic carbocycles. The highest BCUT2D eigenvalue weighted by atomic mass is 16.6. The predicted molar refractivity (Wildman–Crippen MR) is 181 cm³/mol. The number of pyridine rings is 1. The molecule has 0 fully saturated rings. The van der Waals surface area contributed by atoms with Gasteiger partial charge >= 0.3 is 11.9 Å². The third-order valence-corrected chi connectivity index (χ3v) is 7.94. The number of carbonyl (C=O) groups is 4. The van der Waals surface area contributed by atoms with Crippen molar-refractivity contribution in [3.05, 3.63) is 66.2 Å². The number of amides is 2. The Kier molecular flexibility index (Phi) is 11.5. The number of fused-ring (bicyclic) bond motifs is 1. The number of aromatic nitrogens is 1. The molecule has 1 heterocycles. The van der Waals surface area contributed by atoms with Gasteiger partial charge in [-0.2, -0.15) is 0 Å².